The molecule has 0 unspecified atom stereocenters. The van der Waals surface area contributed by atoms with E-state index >= 15 is 0 Å². The number of carboxylic acid groups (broad SMARTS) is 1. The second kappa shape index (κ2) is 4.47. The molecule has 0 atom stereocenters. The maximum absolute atomic E-state index is 10.9. The van der Waals surface area contributed by atoms with Crippen molar-refractivity contribution < 1.29 is 9.90 Å². The van der Waals surface area contributed by atoms with Crippen LogP contribution in [0, 0.1) is 25.2 Å². The van der Waals surface area contributed by atoms with E-state index < -0.39 is 6.09 Å². The summed E-state index contributed by atoms with van der Waals surface area (Å²) in [5.74, 6) is 0. The minimum Gasteiger partial charge on any atom is -0.465 e. The van der Waals surface area contributed by atoms with Crippen LogP contribution in [0.25, 0.3) is 0 Å². The minimum absolute atomic E-state index is 0.155. The molecule has 0 aliphatic carbocycles. The summed E-state index contributed by atoms with van der Waals surface area (Å²) in [4.78, 5) is 11.9. The van der Waals surface area contributed by atoms with Gasteiger partial charge in [0.1, 0.15) is 6.54 Å². The number of hydrogen-bond acceptors (Lipinski definition) is 2. The Bertz CT molecular complexity index is 421. The van der Waals surface area contributed by atoms with Crippen LogP contribution in [0.1, 0.15) is 11.1 Å². The molecule has 1 N–H and O–H groups in total. The first-order valence-corrected chi connectivity index (χ1v) is 4.51. The van der Waals surface area contributed by atoms with Crippen molar-refractivity contribution in [2.45, 2.75) is 13.8 Å². The number of aryl methyl sites for hydroxylation is 2. The third-order valence-electron chi connectivity index (χ3n) is 2.26. The van der Waals surface area contributed by atoms with Gasteiger partial charge in [0.25, 0.3) is 0 Å². The van der Waals surface area contributed by atoms with E-state index in [1.807, 2.05) is 26.0 Å². The molecule has 4 nitrogen and oxygen atoms in total. The van der Waals surface area contributed by atoms with Gasteiger partial charge in [-0.15, -0.1) is 0 Å². The molecule has 15 heavy (non-hydrogen) atoms. The van der Waals surface area contributed by atoms with Crippen molar-refractivity contribution in [2.24, 2.45) is 0 Å². The standard InChI is InChI=1S/C11H12N2O2/c1-8-3-4-10(7-9(8)2)13(6-5-12)11(14)15/h3-4,7H,6H2,1-2H3,(H,14,15). The molecule has 0 bridgehead atoms. The van der Waals surface area contributed by atoms with E-state index in [9.17, 15) is 4.79 Å². The first-order chi connectivity index (χ1) is 7.06. The molecule has 0 saturated heterocycles. The second-order valence-electron chi connectivity index (χ2n) is 3.30. The molecule has 0 aliphatic rings. The number of benzene rings is 1. The van der Waals surface area contributed by atoms with Gasteiger partial charge in [-0.2, -0.15) is 5.26 Å². The molecular weight excluding hydrogens is 192 g/mol. The van der Waals surface area contributed by atoms with Gasteiger partial charge >= 0.3 is 6.09 Å². The highest BCUT2D eigenvalue weighted by atomic mass is 16.4. The van der Waals surface area contributed by atoms with Gasteiger partial charge in [0, 0.05) is 5.69 Å². The fraction of sp³-hybridized carbons (Fsp3) is 0.273. The van der Waals surface area contributed by atoms with E-state index in [0.29, 0.717) is 5.69 Å². The van der Waals surface area contributed by atoms with Crippen LogP contribution in [-0.4, -0.2) is 17.7 Å². The quantitative estimate of drug-likeness (QED) is 0.752. The largest absolute Gasteiger partial charge is 0.465 e. The fourth-order valence-electron chi connectivity index (χ4n) is 1.23. The van der Waals surface area contributed by atoms with Gasteiger partial charge in [0.2, 0.25) is 0 Å². The summed E-state index contributed by atoms with van der Waals surface area (Å²) in [6.07, 6.45) is -1.11. The zero-order valence-corrected chi connectivity index (χ0v) is 8.69. The summed E-state index contributed by atoms with van der Waals surface area (Å²) < 4.78 is 0. The Balaban J connectivity index is 3.07. The van der Waals surface area contributed by atoms with Crippen LogP contribution in [-0.2, 0) is 0 Å². The highest BCUT2D eigenvalue weighted by molar-refractivity contribution is 5.86. The first kappa shape index (κ1) is 11.1. The van der Waals surface area contributed by atoms with Crippen molar-refractivity contribution in [1.82, 2.24) is 0 Å². The molecule has 0 aliphatic heterocycles. The minimum atomic E-state index is -1.11. The zero-order valence-electron chi connectivity index (χ0n) is 8.69. The maximum Gasteiger partial charge on any atom is 0.412 e. The van der Waals surface area contributed by atoms with Gasteiger partial charge in [-0.05, 0) is 37.1 Å². The molecule has 78 valence electrons. The Hall–Kier alpha value is -2.02. The van der Waals surface area contributed by atoms with Gasteiger partial charge in [-0.3, -0.25) is 4.90 Å². The van der Waals surface area contributed by atoms with Crippen LogP contribution in [0.5, 0.6) is 0 Å². The Kier molecular flexibility index (Phi) is 3.29. The lowest BCUT2D eigenvalue weighted by Crippen LogP contribution is -2.29. The lowest BCUT2D eigenvalue weighted by molar-refractivity contribution is 0.202. The molecule has 0 aromatic heterocycles. The van der Waals surface area contributed by atoms with Gasteiger partial charge in [0.15, 0.2) is 0 Å². The number of hydrogen-bond donors (Lipinski definition) is 1. The highest BCUT2D eigenvalue weighted by Crippen LogP contribution is 2.18. The van der Waals surface area contributed by atoms with Gasteiger partial charge in [-0.25, -0.2) is 4.79 Å². The Labute approximate surface area is 88.4 Å². The van der Waals surface area contributed by atoms with E-state index in [1.165, 1.54) is 0 Å². The third kappa shape index (κ3) is 2.47. The molecule has 0 radical (unpaired) electrons. The lowest BCUT2D eigenvalue weighted by Gasteiger charge is -2.16. The normalized spacial score (nSPS) is 9.40. The van der Waals surface area contributed by atoms with Gasteiger partial charge < -0.3 is 5.11 Å². The van der Waals surface area contributed by atoms with E-state index in [-0.39, 0.29) is 6.54 Å². The van der Waals surface area contributed by atoms with Gasteiger partial charge in [0.05, 0.1) is 6.07 Å². The summed E-state index contributed by atoms with van der Waals surface area (Å²) in [5.41, 5.74) is 2.64. The molecule has 1 rings (SSSR count). The number of anilines is 1. The van der Waals surface area contributed by atoms with Crippen molar-refractivity contribution in [3.63, 3.8) is 0 Å². The zero-order chi connectivity index (χ0) is 11.4. The summed E-state index contributed by atoms with van der Waals surface area (Å²) in [6.45, 7) is 3.71. The van der Waals surface area contributed by atoms with Crippen molar-refractivity contribution in [2.75, 3.05) is 11.4 Å². The molecule has 1 aromatic rings. The Morgan fingerprint density at radius 3 is 2.60 bits per heavy atom. The lowest BCUT2D eigenvalue weighted by atomic mass is 10.1. The number of carbonyl (C=O) groups is 1. The molecule has 4 heteroatoms. The summed E-state index contributed by atoms with van der Waals surface area (Å²) in [5, 5.41) is 17.4. The predicted octanol–water partition coefficient (Wildman–Crippen LogP) is 2.31. The monoisotopic (exact) mass is 204 g/mol. The Morgan fingerprint density at radius 2 is 2.13 bits per heavy atom. The molecule has 0 spiro atoms. The molecule has 0 fully saturated rings. The van der Waals surface area contributed by atoms with Gasteiger partial charge in [-0.1, -0.05) is 6.07 Å². The number of nitrogens with zero attached hydrogens (tertiary/aromatic N) is 2. The molecule has 1 amide bonds. The van der Waals surface area contributed by atoms with Crippen molar-refractivity contribution in [3.05, 3.63) is 29.3 Å². The van der Waals surface area contributed by atoms with Crippen molar-refractivity contribution >= 4 is 11.8 Å². The molecule has 0 heterocycles. The van der Waals surface area contributed by atoms with Crippen LogP contribution in [0.2, 0.25) is 0 Å². The molecule has 0 saturated carbocycles. The van der Waals surface area contributed by atoms with Crippen LogP contribution in [0.4, 0.5) is 10.5 Å². The van der Waals surface area contributed by atoms with E-state index in [0.717, 1.165) is 16.0 Å². The fourth-order valence-corrected chi connectivity index (χ4v) is 1.23. The molecule has 1 aromatic carbocycles. The predicted molar refractivity (Wildman–Crippen MR) is 56.9 cm³/mol. The van der Waals surface area contributed by atoms with Crippen LogP contribution in [0.15, 0.2) is 18.2 Å². The topological polar surface area (TPSA) is 64.3 Å². The third-order valence-corrected chi connectivity index (χ3v) is 2.26. The van der Waals surface area contributed by atoms with Crippen LogP contribution >= 0.6 is 0 Å². The van der Waals surface area contributed by atoms with Crippen molar-refractivity contribution in [1.29, 1.82) is 5.26 Å². The average molecular weight is 204 g/mol. The number of nitriles is 1. The van der Waals surface area contributed by atoms with Crippen LogP contribution < -0.4 is 4.90 Å². The first-order valence-electron chi connectivity index (χ1n) is 4.51. The van der Waals surface area contributed by atoms with E-state index in [1.54, 1.807) is 12.1 Å². The SMILES string of the molecule is Cc1ccc(N(CC#N)C(=O)O)cc1C. The molecular formula is C11H12N2O2. The summed E-state index contributed by atoms with van der Waals surface area (Å²) in [7, 11) is 0. The maximum atomic E-state index is 10.9. The van der Waals surface area contributed by atoms with E-state index in [2.05, 4.69) is 0 Å². The van der Waals surface area contributed by atoms with Crippen LogP contribution in [0.3, 0.4) is 0 Å². The summed E-state index contributed by atoms with van der Waals surface area (Å²) >= 11 is 0. The Morgan fingerprint density at radius 1 is 1.47 bits per heavy atom. The average Bonchev–Trinajstić information content (AvgIpc) is 2.18. The van der Waals surface area contributed by atoms with E-state index in [4.69, 9.17) is 10.4 Å². The van der Waals surface area contributed by atoms with Crippen molar-refractivity contribution in [3.8, 4) is 6.07 Å². The summed E-state index contributed by atoms with van der Waals surface area (Å²) in [6, 6.07) is 7.14. The highest BCUT2D eigenvalue weighted by Gasteiger charge is 2.13. The smallest absolute Gasteiger partial charge is 0.412 e. The number of rotatable bonds is 2. The number of amides is 1. The second-order valence-corrected chi connectivity index (χ2v) is 3.30.